The van der Waals surface area contributed by atoms with Gasteiger partial charge in [0.05, 0.1) is 6.07 Å². The zero-order chi connectivity index (χ0) is 9.52. The van der Waals surface area contributed by atoms with Gasteiger partial charge < -0.3 is 0 Å². The largest absolute Gasteiger partial charge is 0.193 e. The van der Waals surface area contributed by atoms with Crippen molar-refractivity contribution in [3.8, 4) is 6.07 Å². The van der Waals surface area contributed by atoms with Gasteiger partial charge >= 0.3 is 0 Å². The van der Waals surface area contributed by atoms with Gasteiger partial charge in [0.2, 0.25) is 0 Å². The van der Waals surface area contributed by atoms with Crippen LogP contribution >= 0.6 is 0 Å². The average molecular weight is 169 g/mol. The maximum atomic E-state index is 8.45. The van der Waals surface area contributed by atoms with Crippen LogP contribution in [0, 0.1) is 11.3 Å². The molecule has 0 unspecified atom stereocenters. The van der Waals surface area contributed by atoms with Crippen LogP contribution < -0.4 is 0 Å². The number of rotatable bonds is 3. The Hall–Kier alpha value is -1.81. The third kappa shape index (κ3) is 3.39. The zero-order valence-corrected chi connectivity index (χ0v) is 7.40. The summed E-state index contributed by atoms with van der Waals surface area (Å²) in [5.41, 5.74) is 1.74. The van der Waals surface area contributed by atoms with Crippen molar-refractivity contribution in [1.29, 1.82) is 5.26 Å². The molecule has 0 saturated carbocycles. The summed E-state index contributed by atoms with van der Waals surface area (Å²) in [6.45, 7) is 3.59. The van der Waals surface area contributed by atoms with Gasteiger partial charge in [0.25, 0.3) is 0 Å². The van der Waals surface area contributed by atoms with Crippen LogP contribution in [0.15, 0.2) is 48.6 Å². The van der Waals surface area contributed by atoms with Gasteiger partial charge in [0, 0.05) is 12.0 Å². The highest BCUT2D eigenvalue weighted by Crippen LogP contribution is 2.04. The Bertz CT molecular complexity index is 341. The lowest BCUT2D eigenvalue weighted by atomic mass is 10.1. The van der Waals surface area contributed by atoms with Crippen LogP contribution in [-0.4, -0.2) is 0 Å². The smallest absolute Gasteiger partial charge is 0.0944 e. The van der Waals surface area contributed by atoms with E-state index in [1.807, 2.05) is 48.6 Å². The van der Waals surface area contributed by atoms with Crippen LogP contribution in [0.3, 0.4) is 0 Å². The van der Waals surface area contributed by atoms with Crippen LogP contribution in [0.2, 0.25) is 0 Å². The lowest BCUT2D eigenvalue weighted by molar-refractivity contribution is 1.30. The number of hydrogen-bond donors (Lipinski definition) is 0. The fourth-order valence-corrected chi connectivity index (χ4v) is 0.947. The van der Waals surface area contributed by atoms with Crippen LogP contribution in [0.5, 0.6) is 0 Å². The van der Waals surface area contributed by atoms with Crippen molar-refractivity contribution >= 4 is 6.08 Å². The molecule has 0 fully saturated rings. The topological polar surface area (TPSA) is 23.8 Å². The molecule has 0 spiro atoms. The van der Waals surface area contributed by atoms with E-state index in [0.717, 1.165) is 5.56 Å². The van der Waals surface area contributed by atoms with Crippen LogP contribution in [0.25, 0.3) is 6.08 Å². The Kier molecular flexibility index (Phi) is 3.53. The molecule has 0 N–H and O–H groups in total. The van der Waals surface area contributed by atoms with E-state index < -0.39 is 0 Å². The predicted octanol–water partition coefficient (Wildman–Crippen LogP) is 3.17. The van der Waals surface area contributed by atoms with E-state index in [4.69, 9.17) is 5.26 Å². The highest BCUT2D eigenvalue weighted by molar-refractivity contribution is 5.49. The predicted molar refractivity (Wildman–Crippen MR) is 54.8 cm³/mol. The molecule has 0 aromatic heterocycles. The highest BCUT2D eigenvalue weighted by atomic mass is 14.2. The van der Waals surface area contributed by atoms with Crippen molar-refractivity contribution < 1.29 is 0 Å². The number of nitrogens with zero attached hydrogens (tertiary/aromatic N) is 1. The molecule has 0 aliphatic carbocycles. The van der Waals surface area contributed by atoms with Crippen molar-refractivity contribution in [2.24, 2.45) is 0 Å². The second-order valence-electron chi connectivity index (χ2n) is 2.73. The van der Waals surface area contributed by atoms with Gasteiger partial charge in [-0.1, -0.05) is 49.1 Å². The van der Waals surface area contributed by atoms with E-state index in [-0.39, 0.29) is 0 Å². The SMILES string of the molecule is C=C(C#N)CC=Cc1ccccc1. The lowest BCUT2D eigenvalue weighted by Gasteiger charge is -1.90. The van der Waals surface area contributed by atoms with Gasteiger partial charge in [-0.3, -0.25) is 0 Å². The summed E-state index contributed by atoms with van der Waals surface area (Å²) < 4.78 is 0. The molecule has 0 saturated heterocycles. The Morgan fingerprint density at radius 3 is 2.69 bits per heavy atom. The summed E-state index contributed by atoms with van der Waals surface area (Å²) in [6, 6.07) is 12.0. The Morgan fingerprint density at radius 2 is 2.08 bits per heavy atom. The van der Waals surface area contributed by atoms with Crippen molar-refractivity contribution in [3.63, 3.8) is 0 Å². The fraction of sp³-hybridized carbons (Fsp3) is 0.0833. The number of nitriles is 1. The van der Waals surface area contributed by atoms with Gasteiger partial charge in [-0.25, -0.2) is 0 Å². The van der Waals surface area contributed by atoms with E-state index >= 15 is 0 Å². The molecule has 0 radical (unpaired) electrons. The van der Waals surface area contributed by atoms with Gasteiger partial charge in [-0.2, -0.15) is 5.26 Å². The molecule has 64 valence electrons. The molecule has 1 rings (SSSR count). The third-order valence-electron chi connectivity index (χ3n) is 1.63. The average Bonchev–Trinajstić information content (AvgIpc) is 2.19. The van der Waals surface area contributed by atoms with E-state index in [0.29, 0.717) is 12.0 Å². The molecule has 0 amide bonds. The molecule has 1 aromatic rings. The third-order valence-corrected chi connectivity index (χ3v) is 1.63. The quantitative estimate of drug-likeness (QED) is 0.637. The van der Waals surface area contributed by atoms with Crippen LogP contribution in [-0.2, 0) is 0 Å². The molecule has 0 heterocycles. The molecule has 0 aliphatic rings. The first kappa shape index (κ1) is 9.28. The maximum Gasteiger partial charge on any atom is 0.0944 e. The van der Waals surface area contributed by atoms with Crippen molar-refractivity contribution in [2.45, 2.75) is 6.42 Å². The fourth-order valence-electron chi connectivity index (χ4n) is 0.947. The van der Waals surface area contributed by atoms with Crippen LogP contribution in [0.4, 0.5) is 0 Å². The summed E-state index contributed by atoms with van der Waals surface area (Å²) in [5, 5.41) is 8.45. The molecule has 1 nitrogen and oxygen atoms in total. The molecule has 13 heavy (non-hydrogen) atoms. The molecule has 1 heteroatoms. The second kappa shape index (κ2) is 4.95. The van der Waals surface area contributed by atoms with Gasteiger partial charge in [0.15, 0.2) is 0 Å². The lowest BCUT2D eigenvalue weighted by Crippen LogP contribution is -1.72. The highest BCUT2D eigenvalue weighted by Gasteiger charge is 1.86. The minimum absolute atomic E-state index is 0.590. The van der Waals surface area contributed by atoms with E-state index in [1.165, 1.54) is 0 Å². The summed E-state index contributed by atoms with van der Waals surface area (Å²) in [4.78, 5) is 0. The molecule has 0 aliphatic heterocycles. The Labute approximate surface area is 78.6 Å². The van der Waals surface area contributed by atoms with Crippen molar-refractivity contribution in [2.75, 3.05) is 0 Å². The van der Waals surface area contributed by atoms with E-state index in [1.54, 1.807) is 0 Å². The molecule has 1 aromatic carbocycles. The Balaban J connectivity index is 2.51. The number of allylic oxidation sites excluding steroid dienone is 2. The van der Waals surface area contributed by atoms with Gasteiger partial charge in [-0.05, 0) is 5.56 Å². The Morgan fingerprint density at radius 1 is 1.38 bits per heavy atom. The molecule has 0 bridgehead atoms. The standard InChI is InChI=1S/C12H11N/c1-11(10-13)6-5-9-12-7-3-2-4-8-12/h2-5,7-9H,1,6H2. The summed E-state index contributed by atoms with van der Waals surface area (Å²) in [5.74, 6) is 0. The van der Waals surface area contributed by atoms with Crippen LogP contribution in [0.1, 0.15) is 12.0 Å². The number of hydrogen-bond acceptors (Lipinski definition) is 1. The van der Waals surface area contributed by atoms with E-state index in [9.17, 15) is 0 Å². The summed E-state index contributed by atoms with van der Waals surface area (Å²) in [7, 11) is 0. The summed E-state index contributed by atoms with van der Waals surface area (Å²) in [6.07, 6.45) is 4.56. The molecular weight excluding hydrogens is 158 g/mol. The molecule has 0 atom stereocenters. The molecular formula is C12H11N. The first-order chi connectivity index (χ1) is 6.33. The van der Waals surface area contributed by atoms with Gasteiger partial charge in [-0.15, -0.1) is 0 Å². The van der Waals surface area contributed by atoms with Gasteiger partial charge in [0.1, 0.15) is 0 Å². The first-order valence-corrected chi connectivity index (χ1v) is 4.12. The normalized spacial score (nSPS) is 9.77. The minimum atomic E-state index is 0.590. The second-order valence-corrected chi connectivity index (χ2v) is 2.73. The summed E-state index contributed by atoms with van der Waals surface area (Å²) >= 11 is 0. The first-order valence-electron chi connectivity index (χ1n) is 4.12. The van der Waals surface area contributed by atoms with E-state index in [2.05, 4.69) is 6.58 Å². The van der Waals surface area contributed by atoms with Crippen molar-refractivity contribution in [1.82, 2.24) is 0 Å². The number of benzene rings is 1. The maximum absolute atomic E-state index is 8.45. The van der Waals surface area contributed by atoms with Crippen molar-refractivity contribution in [3.05, 3.63) is 54.1 Å². The minimum Gasteiger partial charge on any atom is -0.193 e. The monoisotopic (exact) mass is 169 g/mol. The zero-order valence-electron chi connectivity index (χ0n) is 7.40.